The van der Waals surface area contributed by atoms with Crippen LogP contribution in [0.4, 0.5) is 0 Å². The van der Waals surface area contributed by atoms with E-state index in [1.54, 1.807) is 29.0 Å². The van der Waals surface area contributed by atoms with Crippen LogP contribution in [-0.2, 0) is 13.1 Å². The van der Waals surface area contributed by atoms with Crippen LogP contribution in [0.15, 0.2) is 35.5 Å². The van der Waals surface area contributed by atoms with Gasteiger partial charge in [-0.1, -0.05) is 12.5 Å². The van der Waals surface area contributed by atoms with Crippen LogP contribution >= 0.6 is 22.7 Å². The van der Waals surface area contributed by atoms with Crippen molar-refractivity contribution in [3.63, 3.8) is 0 Å². The number of thiophene rings is 1. The zero-order chi connectivity index (χ0) is 15.5. The van der Waals surface area contributed by atoms with Gasteiger partial charge in [0.2, 0.25) is 0 Å². The third kappa shape index (κ3) is 3.52. The van der Waals surface area contributed by atoms with Crippen LogP contribution in [0.2, 0.25) is 0 Å². The number of likely N-dealkylation sites (tertiary alicyclic amines) is 1. The Morgan fingerprint density at radius 2 is 2.26 bits per heavy atom. The summed E-state index contributed by atoms with van der Waals surface area (Å²) < 4.78 is 1.95. The van der Waals surface area contributed by atoms with E-state index in [1.165, 1.54) is 29.8 Å². The molecule has 1 atom stereocenters. The van der Waals surface area contributed by atoms with Gasteiger partial charge in [0.1, 0.15) is 17.7 Å². The SMILES string of the molecule is c1csc(-c2nc(CN3CCCC[C@H]3Cn3cncn3)cs2)c1. The van der Waals surface area contributed by atoms with Gasteiger partial charge in [-0.25, -0.2) is 9.97 Å². The molecule has 0 unspecified atom stereocenters. The van der Waals surface area contributed by atoms with Crippen molar-refractivity contribution in [2.75, 3.05) is 6.54 Å². The Balaban J connectivity index is 1.45. The van der Waals surface area contributed by atoms with Gasteiger partial charge in [0.15, 0.2) is 0 Å². The van der Waals surface area contributed by atoms with Crippen molar-refractivity contribution in [1.29, 1.82) is 0 Å². The highest BCUT2D eigenvalue weighted by Gasteiger charge is 2.24. The molecule has 0 aliphatic carbocycles. The van der Waals surface area contributed by atoms with Crippen LogP contribution in [0.5, 0.6) is 0 Å². The Bertz CT molecular complexity index is 720. The van der Waals surface area contributed by atoms with Crippen molar-refractivity contribution in [3.8, 4) is 9.88 Å². The number of nitrogens with zero attached hydrogens (tertiary/aromatic N) is 5. The molecule has 7 heteroatoms. The van der Waals surface area contributed by atoms with Gasteiger partial charge in [0.25, 0.3) is 0 Å². The van der Waals surface area contributed by atoms with Crippen LogP contribution in [-0.4, -0.2) is 37.2 Å². The zero-order valence-electron chi connectivity index (χ0n) is 12.8. The molecule has 1 fully saturated rings. The summed E-state index contributed by atoms with van der Waals surface area (Å²) in [5.41, 5.74) is 1.18. The number of aromatic nitrogens is 4. The van der Waals surface area contributed by atoms with Crippen molar-refractivity contribution < 1.29 is 0 Å². The van der Waals surface area contributed by atoms with Gasteiger partial charge in [-0.3, -0.25) is 9.58 Å². The molecule has 0 radical (unpaired) electrons. The maximum Gasteiger partial charge on any atom is 0.137 e. The summed E-state index contributed by atoms with van der Waals surface area (Å²) in [7, 11) is 0. The second kappa shape index (κ2) is 6.90. The standard InChI is InChI=1S/C16H19N5S2/c1-2-6-20(14(4-1)9-21-12-17-11-18-21)8-13-10-23-16(19-13)15-5-3-7-22-15/h3,5,7,10-12,14H,1-2,4,6,8-9H2/t14-/m0/s1. The highest BCUT2D eigenvalue weighted by atomic mass is 32.1. The molecule has 0 N–H and O–H groups in total. The molecular weight excluding hydrogens is 326 g/mol. The van der Waals surface area contributed by atoms with Crippen molar-refractivity contribution in [2.24, 2.45) is 0 Å². The molecule has 1 saturated heterocycles. The highest BCUT2D eigenvalue weighted by molar-refractivity contribution is 7.20. The first-order valence-electron chi connectivity index (χ1n) is 7.93. The van der Waals surface area contributed by atoms with E-state index in [4.69, 9.17) is 4.98 Å². The largest absolute Gasteiger partial charge is 0.293 e. The molecule has 4 rings (SSSR count). The Labute approximate surface area is 143 Å². The second-order valence-electron chi connectivity index (χ2n) is 5.86. The minimum Gasteiger partial charge on any atom is -0.293 e. The lowest BCUT2D eigenvalue weighted by Gasteiger charge is -2.35. The molecule has 4 heterocycles. The lowest BCUT2D eigenvalue weighted by molar-refractivity contribution is 0.120. The molecule has 5 nitrogen and oxygen atoms in total. The summed E-state index contributed by atoms with van der Waals surface area (Å²) in [5.74, 6) is 0. The molecule has 0 saturated carbocycles. The van der Waals surface area contributed by atoms with E-state index in [0.29, 0.717) is 6.04 Å². The summed E-state index contributed by atoms with van der Waals surface area (Å²) in [6.07, 6.45) is 7.22. The predicted molar refractivity (Wildman–Crippen MR) is 93.5 cm³/mol. The minimum absolute atomic E-state index is 0.525. The van der Waals surface area contributed by atoms with Crippen LogP contribution in [0.25, 0.3) is 9.88 Å². The fourth-order valence-electron chi connectivity index (χ4n) is 3.12. The number of thiazole rings is 1. The van der Waals surface area contributed by atoms with Gasteiger partial charge in [0.05, 0.1) is 17.1 Å². The van der Waals surface area contributed by atoms with Gasteiger partial charge in [0, 0.05) is 18.0 Å². The summed E-state index contributed by atoms with van der Waals surface area (Å²) in [4.78, 5) is 12.7. The van der Waals surface area contributed by atoms with E-state index >= 15 is 0 Å². The average Bonchev–Trinajstić information content (AvgIpc) is 3.31. The molecule has 3 aromatic rings. The predicted octanol–water partition coefficient (Wildman–Crippen LogP) is 3.52. The second-order valence-corrected chi connectivity index (χ2v) is 7.66. The molecule has 0 bridgehead atoms. The first-order valence-corrected chi connectivity index (χ1v) is 9.69. The first kappa shape index (κ1) is 15.0. The van der Waals surface area contributed by atoms with Gasteiger partial charge in [-0.15, -0.1) is 22.7 Å². The Kier molecular flexibility index (Phi) is 4.50. The fraction of sp³-hybridized carbons (Fsp3) is 0.438. The Hall–Kier alpha value is -1.57. The van der Waals surface area contributed by atoms with E-state index in [1.807, 2.05) is 11.0 Å². The molecule has 3 aromatic heterocycles. The monoisotopic (exact) mass is 345 g/mol. The van der Waals surface area contributed by atoms with E-state index in [9.17, 15) is 0 Å². The van der Waals surface area contributed by atoms with E-state index < -0.39 is 0 Å². The van der Waals surface area contributed by atoms with Gasteiger partial charge >= 0.3 is 0 Å². The maximum atomic E-state index is 4.83. The normalized spacial score (nSPS) is 19.2. The molecule has 120 valence electrons. The van der Waals surface area contributed by atoms with Crippen molar-refractivity contribution in [3.05, 3.63) is 41.2 Å². The summed E-state index contributed by atoms with van der Waals surface area (Å²) >= 11 is 3.50. The third-order valence-corrected chi connectivity index (χ3v) is 6.19. The van der Waals surface area contributed by atoms with Crippen LogP contribution in [0.1, 0.15) is 25.0 Å². The quantitative estimate of drug-likeness (QED) is 0.710. The van der Waals surface area contributed by atoms with Crippen molar-refractivity contribution in [2.45, 2.75) is 38.4 Å². The van der Waals surface area contributed by atoms with E-state index in [0.717, 1.165) is 24.6 Å². The molecular formula is C16H19N5S2. The Morgan fingerprint density at radius 3 is 3.09 bits per heavy atom. The molecule has 1 aliphatic rings. The average molecular weight is 345 g/mol. The number of hydrogen-bond acceptors (Lipinski definition) is 6. The molecule has 23 heavy (non-hydrogen) atoms. The van der Waals surface area contributed by atoms with E-state index in [2.05, 4.69) is 37.9 Å². The first-order chi connectivity index (χ1) is 11.4. The van der Waals surface area contributed by atoms with Crippen LogP contribution in [0, 0.1) is 0 Å². The maximum absolute atomic E-state index is 4.83. The number of hydrogen-bond donors (Lipinski definition) is 0. The molecule has 0 spiro atoms. The number of piperidine rings is 1. The molecule has 0 aromatic carbocycles. The fourth-order valence-corrected chi connectivity index (χ4v) is 4.74. The molecule has 0 amide bonds. The summed E-state index contributed by atoms with van der Waals surface area (Å²) in [5, 5.41) is 9.71. The topological polar surface area (TPSA) is 46.8 Å². The van der Waals surface area contributed by atoms with E-state index in [-0.39, 0.29) is 0 Å². The lowest BCUT2D eigenvalue weighted by atomic mass is 10.0. The highest BCUT2D eigenvalue weighted by Crippen LogP contribution is 2.29. The third-order valence-electron chi connectivity index (χ3n) is 4.26. The van der Waals surface area contributed by atoms with Crippen molar-refractivity contribution in [1.82, 2.24) is 24.6 Å². The van der Waals surface area contributed by atoms with Crippen LogP contribution < -0.4 is 0 Å². The smallest absolute Gasteiger partial charge is 0.137 e. The van der Waals surface area contributed by atoms with Crippen molar-refractivity contribution >= 4 is 22.7 Å². The number of rotatable bonds is 5. The van der Waals surface area contributed by atoms with Gasteiger partial charge < -0.3 is 0 Å². The lowest BCUT2D eigenvalue weighted by Crippen LogP contribution is -2.41. The summed E-state index contributed by atoms with van der Waals surface area (Å²) in [6.45, 7) is 2.99. The van der Waals surface area contributed by atoms with Gasteiger partial charge in [-0.05, 0) is 30.8 Å². The minimum atomic E-state index is 0.525. The molecule has 1 aliphatic heterocycles. The van der Waals surface area contributed by atoms with Crippen LogP contribution in [0.3, 0.4) is 0 Å². The zero-order valence-corrected chi connectivity index (χ0v) is 14.5. The van der Waals surface area contributed by atoms with Gasteiger partial charge in [-0.2, -0.15) is 5.10 Å². The summed E-state index contributed by atoms with van der Waals surface area (Å²) in [6, 6.07) is 4.75. The Morgan fingerprint density at radius 1 is 1.26 bits per heavy atom.